The predicted octanol–water partition coefficient (Wildman–Crippen LogP) is 0.897. The number of nitrogens with two attached hydrogens (primary N) is 1. The van der Waals surface area contributed by atoms with Crippen molar-refractivity contribution in [3.8, 4) is 0 Å². The van der Waals surface area contributed by atoms with Gasteiger partial charge in [0.2, 0.25) is 0 Å². The number of tetrazole rings is 1. The fourth-order valence-electron chi connectivity index (χ4n) is 1.45. The van der Waals surface area contributed by atoms with Crippen LogP contribution in [-0.4, -0.2) is 42.1 Å². The van der Waals surface area contributed by atoms with Crippen molar-refractivity contribution in [1.29, 1.82) is 0 Å². The minimum absolute atomic E-state index is 0.546. The second-order valence-electron chi connectivity index (χ2n) is 4.88. The van der Waals surface area contributed by atoms with Crippen molar-refractivity contribution in [3.63, 3.8) is 0 Å². The van der Waals surface area contributed by atoms with Gasteiger partial charge < -0.3 is 10.8 Å². The number of carboxylic acid groups (broad SMARTS) is 1. The largest absolute Gasteiger partial charge is 0.480 e. The molecule has 0 spiro atoms. The van der Waals surface area contributed by atoms with Gasteiger partial charge in [0.15, 0.2) is 5.82 Å². The van der Waals surface area contributed by atoms with Crippen LogP contribution in [-0.2, 0) is 17.1 Å². The van der Waals surface area contributed by atoms with E-state index in [1.165, 1.54) is 11.8 Å². The molecule has 1 aromatic heterocycles. The fraction of sp³-hybridized carbons (Fsp3) is 0.818. The Balaban J connectivity index is 2.61. The number of hydrogen-bond acceptors (Lipinski definition) is 6. The highest BCUT2D eigenvalue weighted by molar-refractivity contribution is 7.99. The van der Waals surface area contributed by atoms with Gasteiger partial charge in [-0.2, -0.15) is 0 Å². The van der Waals surface area contributed by atoms with E-state index in [2.05, 4.69) is 22.4 Å². The van der Waals surface area contributed by atoms with E-state index >= 15 is 0 Å². The Morgan fingerprint density at radius 1 is 1.58 bits per heavy atom. The Morgan fingerprint density at radius 3 is 2.84 bits per heavy atom. The van der Waals surface area contributed by atoms with Crippen LogP contribution in [0.5, 0.6) is 0 Å². The van der Waals surface area contributed by atoms with Gasteiger partial charge in [-0.25, -0.2) is 4.68 Å². The first-order chi connectivity index (χ1) is 8.88. The zero-order valence-corrected chi connectivity index (χ0v) is 12.4. The molecule has 0 unspecified atom stereocenters. The first-order valence-corrected chi connectivity index (χ1v) is 7.24. The molecule has 0 aliphatic heterocycles. The van der Waals surface area contributed by atoms with E-state index in [4.69, 9.17) is 10.8 Å². The van der Waals surface area contributed by atoms with Crippen LogP contribution in [0.15, 0.2) is 0 Å². The SMILES string of the molecule is CCCCn1nnnc1CSC(C)(C)[C@@H](N)C(=O)O. The van der Waals surface area contributed by atoms with Gasteiger partial charge in [0.05, 0.1) is 5.75 Å². The first kappa shape index (κ1) is 15.9. The smallest absolute Gasteiger partial charge is 0.321 e. The molecule has 1 rings (SSSR count). The summed E-state index contributed by atoms with van der Waals surface area (Å²) >= 11 is 1.45. The average Bonchev–Trinajstić information content (AvgIpc) is 2.80. The quantitative estimate of drug-likeness (QED) is 0.731. The van der Waals surface area contributed by atoms with Gasteiger partial charge in [0.25, 0.3) is 0 Å². The van der Waals surface area contributed by atoms with Crippen molar-refractivity contribution in [2.24, 2.45) is 5.73 Å². The molecule has 8 heteroatoms. The maximum atomic E-state index is 10.9. The summed E-state index contributed by atoms with van der Waals surface area (Å²) in [6.45, 7) is 6.52. The highest BCUT2D eigenvalue weighted by Gasteiger charge is 2.33. The highest BCUT2D eigenvalue weighted by atomic mass is 32.2. The summed E-state index contributed by atoms with van der Waals surface area (Å²) in [6, 6.07) is -0.919. The molecular formula is C11H21N5O2S. The van der Waals surface area contributed by atoms with E-state index < -0.39 is 16.8 Å². The van der Waals surface area contributed by atoms with Gasteiger partial charge >= 0.3 is 5.97 Å². The van der Waals surface area contributed by atoms with Gasteiger partial charge in [0.1, 0.15) is 6.04 Å². The second-order valence-corrected chi connectivity index (χ2v) is 6.51. The summed E-state index contributed by atoms with van der Waals surface area (Å²) in [7, 11) is 0. The molecule has 0 amide bonds. The number of carbonyl (C=O) groups is 1. The van der Waals surface area contributed by atoms with Crippen LogP contribution in [0.2, 0.25) is 0 Å². The third kappa shape index (κ3) is 4.46. The molecule has 0 radical (unpaired) electrons. The van der Waals surface area contributed by atoms with E-state index in [0.717, 1.165) is 25.2 Å². The van der Waals surface area contributed by atoms with Crippen molar-refractivity contribution in [1.82, 2.24) is 20.2 Å². The molecule has 0 aliphatic rings. The minimum atomic E-state index is -0.997. The lowest BCUT2D eigenvalue weighted by atomic mass is 10.1. The zero-order valence-electron chi connectivity index (χ0n) is 11.5. The molecule has 1 aromatic rings. The zero-order chi connectivity index (χ0) is 14.5. The Bertz CT molecular complexity index is 421. The third-order valence-corrected chi connectivity index (χ3v) is 4.32. The molecular weight excluding hydrogens is 266 g/mol. The van der Waals surface area contributed by atoms with Gasteiger partial charge in [-0.1, -0.05) is 13.3 Å². The molecule has 1 atom stereocenters. The molecule has 19 heavy (non-hydrogen) atoms. The summed E-state index contributed by atoms with van der Waals surface area (Å²) in [5.74, 6) is 0.303. The number of nitrogens with zero attached hydrogens (tertiary/aromatic N) is 4. The van der Waals surface area contributed by atoms with Gasteiger partial charge in [-0.05, 0) is 30.7 Å². The first-order valence-electron chi connectivity index (χ1n) is 6.26. The Hall–Kier alpha value is -1.15. The Morgan fingerprint density at radius 2 is 2.26 bits per heavy atom. The van der Waals surface area contributed by atoms with Crippen LogP contribution in [0.3, 0.4) is 0 Å². The van der Waals surface area contributed by atoms with Gasteiger partial charge in [-0.15, -0.1) is 16.9 Å². The number of aliphatic carboxylic acids is 1. The van der Waals surface area contributed by atoms with Crippen molar-refractivity contribution < 1.29 is 9.90 Å². The predicted molar refractivity (Wildman–Crippen MR) is 73.7 cm³/mol. The molecule has 0 aromatic carbocycles. The highest BCUT2D eigenvalue weighted by Crippen LogP contribution is 2.30. The number of thioether (sulfide) groups is 1. The van der Waals surface area contributed by atoms with Crippen LogP contribution < -0.4 is 5.73 Å². The molecule has 108 valence electrons. The maximum Gasteiger partial charge on any atom is 0.321 e. The lowest BCUT2D eigenvalue weighted by molar-refractivity contribution is -0.139. The monoisotopic (exact) mass is 287 g/mol. The standard InChI is InChI=1S/C11H21N5O2S/c1-4-5-6-16-8(13-14-15-16)7-19-11(2,3)9(12)10(17)18/h9H,4-7,12H2,1-3H3,(H,17,18)/t9-/m0/s1. The topological polar surface area (TPSA) is 107 Å². The average molecular weight is 287 g/mol. The number of aromatic nitrogens is 4. The van der Waals surface area contributed by atoms with Crippen LogP contribution in [0.4, 0.5) is 0 Å². The summed E-state index contributed by atoms with van der Waals surface area (Å²) < 4.78 is 1.19. The normalized spacial score (nSPS) is 13.5. The molecule has 1 heterocycles. The number of rotatable bonds is 8. The van der Waals surface area contributed by atoms with Crippen LogP contribution >= 0.6 is 11.8 Å². The lowest BCUT2D eigenvalue weighted by Crippen LogP contribution is -2.46. The minimum Gasteiger partial charge on any atom is -0.480 e. The van der Waals surface area contributed by atoms with Crippen molar-refractivity contribution >= 4 is 17.7 Å². The number of unbranched alkanes of at least 4 members (excludes halogenated alkanes) is 1. The van der Waals surface area contributed by atoms with Crippen LogP contribution in [0.25, 0.3) is 0 Å². The molecule has 0 bridgehead atoms. The van der Waals surface area contributed by atoms with E-state index in [9.17, 15) is 4.79 Å². The van der Waals surface area contributed by atoms with Crippen molar-refractivity contribution in [2.75, 3.05) is 0 Å². The van der Waals surface area contributed by atoms with E-state index in [1.807, 2.05) is 13.8 Å². The fourth-order valence-corrected chi connectivity index (χ4v) is 2.43. The molecule has 0 saturated heterocycles. The van der Waals surface area contributed by atoms with E-state index in [1.54, 1.807) is 4.68 Å². The molecule has 0 aliphatic carbocycles. The summed E-state index contributed by atoms with van der Waals surface area (Å²) in [6.07, 6.45) is 2.09. The van der Waals surface area contributed by atoms with Crippen LogP contribution in [0, 0.1) is 0 Å². The maximum absolute atomic E-state index is 10.9. The van der Waals surface area contributed by atoms with E-state index in [0.29, 0.717) is 5.75 Å². The summed E-state index contributed by atoms with van der Waals surface area (Å²) in [5.41, 5.74) is 5.67. The molecule has 3 N–H and O–H groups in total. The van der Waals surface area contributed by atoms with Crippen molar-refractivity contribution in [2.45, 2.75) is 56.7 Å². The Kier molecular flexibility index (Phi) is 5.74. The van der Waals surface area contributed by atoms with Crippen molar-refractivity contribution in [3.05, 3.63) is 5.82 Å². The van der Waals surface area contributed by atoms with Gasteiger partial charge in [0, 0.05) is 11.3 Å². The number of hydrogen-bond donors (Lipinski definition) is 2. The Labute approximate surface area is 116 Å². The van der Waals surface area contributed by atoms with Crippen LogP contribution in [0.1, 0.15) is 39.4 Å². The molecule has 0 fully saturated rings. The summed E-state index contributed by atoms with van der Waals surface area (Å²) in [5, 5.41) is 20.5. The molecule has 7 nitrogen and oxygen atoms in total. The van der Waals surface area contributed by atoms with Gasteiger partial charge in [-0.3, -0.25) is 4.79 Å². The third-order valence-electron chi connectivity index (χ3n) is 2.92. The van der Waals surface area contributed by atoms with E-state index in [-0.39, 0.29) is 0 Å². The number of aryl methyl sites for hydroxylation is 1. The number of carboxylic acids is 1. The second kappa shape index (κ2) is 6.85. The lowest BCUT2D eigenvalue weighted by Gasteiger charge is -2.27. The molecule has 0 saturated carbocycles. The summed E-state index contributed by atoms with van der Waals surface area (Å²) in [4.78, 5) is 10.9.